The SMILES string of the molecule is CCCN1CCC(CCC)(c2cccc(O)c2)C1. The van der Waals surface area contributed by atoms with Crippen molar-refractivity contribution in [3.05, 3.63) is 29.8 Å². The lowest BCUT2D eigenvalue weighted by Gasteiger charge is -2.30. The van der Waals surface area contributed by atoms with Gasteiger partial charge in [-0.3, -0.25) is 0 Å². The lowest BCUT2D eigenvalue weighted by atomic mass is 9.76. The molecule has 0 amide bonds. The predicted octanol–water partition coefficient (Wildman–Crippen LogP) is 3.55. The van der Waals surface area contributed by atoms with Crippen molar-refractivity contribution in [2.24, 2.45) is 0 Å². The number of phenols is 1. The Kier molecular flexibility index (Phi) is 4.28. The van der Waals surface area contributed by atoms with Crippen LogP contribution in [0.2, 0.25) is 0 Å². The highest BCUT2D eigenvalue weighted by Crippen LogP contribution is 2.39. The average Bonchev–Trinajstić information content (AvgIpc) is 2.75. The molecule has 1 saturated heterocycles. The van der Waals surface area contributed by atoms with Crippen LogP contribution in [0.1, 0.15) is 45.1 Å². The molecule has 2 heteroatoms. The summed E-state index contributed by atoms with van der Waals surface area (Å²) in [6.07, 6.45) is 4.87. The Labute approximate surface area is 111 Å². The zero-order chi connectivity index (χ0) is 13.0. The van der Waals surface area contributed by atoms with Gasteiger partial charge < -0.3 is 10.0 Å². The van der Waals surface area contributed by atoms with Crippen LogP contribution in [0.5, 0.6) is 5.75 Å². The summed E-state index contributed by atoms with van der Waals surface area (Å²) in [7, 11) is 0. The normalized spacial score (nSPS) is 24.6. The van der Waals surface area contributed by atoms with Crippen molar-refractivity contribution in [3.63, 3.8) is 0 Å². The topological polar surface area (TPSA) is 23.5 Å². The molecule has 2 rings (SSSR count). The molecular formula is C16H25NO. The van der Waals surface area contributed by atoms with Gasteiger partial charge in [0, 0.05) is 12.0 Å². The summed E-state index contributed by atoms with van der Waals surface area (Å²) in [5.41, 5.74) is 1.59. The highest BCUT2D eigenvalue weighted by atomic mass is 16.3. The second kappa shape index (κ2) is 5.75. The van der Waals surface area contributed by atoms with Crippen molar-refractivity contribution < 1.29 is 5.11 Å². The summed E-state index contributed by atoms with van der Waals surface area (Å²) in [5, 5.41) is 9.71. The van der Waals surface area contributed by atoms with Crippen molar-refractivity contribution >= 4 is 0 Å². The lowest BCUT2D eigenvalue weighted by Crippen LogP contribution is -2.31. The van der Waals surface area contributed by atoms with Crippen LogP contribution < -0.4 is 0 Å². The molecule has 0 radical (unpaired) electrons. The van der Waals surface area contributed by atoms with Gasteiger partial charge in [0.05, 0.1) is 0 Å². The van der Waals surface area contributed by atoms with Crippen molar-refractivity contribution in [2.45, 2.75) is 44.9 Å². The molecule has 18 heavy (non-hydrogen) atoms. The van der Waals surface area contributed by atoms with Gasteiger partial charge in [-0.25, -0.2) is 0 Å². The molecule has 0 spiro atoms. The molecule has 0 bridgehead atoms. The van der Waals surface area contributed by atoms with Gasteiger partial charge in [-0.15, -0.1) is 0 Å². The molecule has 1 fully saturated rings. The Morgan fingerprint density at radius 2 is 2.11 bits per heavy atom. The van der Waals surface area contributed by atoms with E-state index in [1.807, 2.05) is 12.1 Å². The van der Waals surface area contributed by atoms with Gasteiger partial charge >= 0.3 is 0 Å². The first-order valence-electron chi connectivity index (χ1n) is 7.22. The predicted molar refractivity (Wildman–Crippen MR) is 76.0 cm³/mol. The standard InChI is InChI=1S/C16H25NO/c1-3-8-16(9-11-17(13-16)10-4-2)14-6-5-7-15(18)12-14/h5-7,12,18H,3-4,8-11,13H2,1-2H3. The maximum absolute atomic E-state index is 9.71. The number of nitrogens with zero attached hydrogens (tertiary/aromatic N) is 1. The summed E-state index contributed by atoms with van der Waals surface area (Å²) < 4.78 is 0. The molecule has 100 valence electrons. The van der Waals surface area contributed by atoms with E-state index in [9.17, 15) is 5.11 Å². The maximum Gasteiger partial charge on any atom is 0.115 e. The lowest BCUT2D eigenvalue weighted by molar-refractivity contribution is 0.301. The van der Waals surface area contributed by atoms with Gasteiger partial charge in [0.25, 0.3) is 0 Å². The third-order valence-corrected chi connectivity index (χ3v) is 4.16. The first-order valence-corrected chi connectivity index (χ1v) is 7.22. The van der Waals surface area contributed by atoms with E-state index in [2.05, 4.69) is 24.8 Å². The van der Waals surface area contributed by atoms with E-state index in [0.29, 0.717) is 5.75 Å². The molecule has 1 unspecified atom stereocenters. The highest BCUT2D eigenvalue weighted by molar-refractivity contribution is 5.34. The van der Waals surface area contributed by atoms with Crippen LogP contribution in [0.25, 0.3) is 0 Å². The fourth-order valence-corrected chi connectivity index (χ4v) is 3.36. The van der Waals surface area contributed by atoms with E-state index in [1.54, 1.807) is 6.07 Å². The smallest absolute Gasteiger partial charge is 0.115 e. The maximum atomic E-state index is 9.71. The highest BCUT2D eigenvalue weighted by Gasteiger charge is 2.38. The Morgan fingerprint density at radius 1 is 1.28 bits per heavy atom. The minimum atomic E-state index is 0.267. The van der Waals surface area contributed by atoms with Crippen LogP contribution in [-0.4, -0.2) is 29.6 Å². The van der Waals surface area contributed by atoms with E-state index >= 15 is 0 Å². The summed E-state index contributed by atoms with van der Waals surface area (Å²) in [6.45, 7) is 8.05. The average molecular weight is 247 g/mol. The summed E-state index contributed by atoms with van der Waals surface area (Å²) >= 11 is 0. The van der Waals surface area contributed by atoms with Gasteiger partial charge in [-0.2, -0.15) is 0 Å². The minimum absolute atomic E-state index is 0.267. The Morgan fingerprint density at radius 3 is 2.78 bits per heavy atom. The van der Waals surface area contributed by atoms with Gasteiger partial charge in [0.1, 0.15) is 5.75 Å². The van der Waals surface area contributed by atoms with Crippen LogP contribution in [0.3, 0.4) is 0 Å². The van der Waals surface area contributed by atoms with Crippen LogP contribution in [0.15, 0.2) is 24.3 Å². The fourth-order valence-electron chi connectivity index (χ4n) is 3.36. The Hall–Kier alpha value is -1.02. The van der Waals surface area contributed by atoms with E-state index in [1.165, 1.54) is 44.3 Å². The molecule has 1 aliphatic rings. The molecular weight excluding hydrogens is 222 g/mol. The number of hydrogen-bond donors (Lipinski definition) is 1. The summed E-state index contributed by atoms with van der Waals surface area (Å²) in [4.78, 5) is 2.57. The fraction of sp³-hybridized carbons (Fsp3) is 0.625. The third kappa shape index (κ3) is 2.69. The van der Waals surface area contributed by atoms with Gasteiger partial charge in [0.15, 0.2) is 0 Å². The van der Waals surface area contributed by atoms with Crippen LogP contribution in [-0.2, 0) is 5.41 Å². The summed E-state index contributed by atoms with van der Waals surface area (Å²) in [5.74, 6) is 0.400. The Balaban J connectivity index is 2.23. The largest absolute Gasteiger partial charge is 0.508 e. The molecule has 0 saturated carbocycles. The molecule has 1 aromatic rings. The van der Waals surface area contributed by atoms with Crippen molar-refractivity contribution in [1.82, 2.24) is 4.90 Å². The molecule has 1 aliphatic heterocycles. The number of benzene rings is 1. The van der Waals surface area contributed by atoms with E-state index in [0.717, 1.165) is 6.54 Å². The molecule has 0 aliphatic carbocycles. The number of likely N-dealkylation sites (tertiary alicyclic amines) is 1. The van der Waals surface area contributed by atoms with Gasteiger partial charge in [-0.1, -0.05) is 32.4 Å². The number of aromatic hydroxyl groups is 1. The van der Waals surface area contributed by atoms with Crippen LogP contribution in [0.4, 0.5) is 0 Å². The van der Waals surface area contributed by atoms with E-state index < -0.39 is 0 Å². The first-order chi connectivity index (χ1) is 8.70. The number of hydrogen-bond acceptors (Lipinski definition) is 2. The second-order valence-corrected chi connectivity index (χ2v) is 5.61. The van der Waals surface area contributed by atoms with Crippen molar-refractivity contribution in [2.75, 3.05) is 19.6 Å². The number of phenolic OH excluding ortho intramolecular Hbond substituents is 1. The quantitative estimate of drug-likeness (QED) is 0.860. The summed E-state index contributed by atoms with van der Waals surface area (Å²) in [6, 6.07) is 7.89. The van der Waals surface area contributed by atoms with Crippen LogP contribution >= 0.6 is 0 Å². The van der Waals surface area contributed by atoms with E-state index in [-0.39, 0.29) is 5.41 Å². The number of rotatable bonds is 5. The molecule has 1 aromatic carbocycles. The molecule has 1 heterocycles. The monoisotopic (exact) mass is 247 g/mol. The van der Waals surface area contributed by atoms with E-state index in [4.69, 9.17) is 0 Å². The van der Waals surface area contributed by atoms with Gasteiger partial charge in [-0.05, 0) is 50.0 Å². The molecule has 1 N–H and O–H groups in total. The Bertz CT molecular complexity index is 390. The zero-order valence-electron chi connectivity index (χ0n) is 11.7. The van der Waals surface area contributed by atoms with Crippen LogP contribution in [0, 0.1) is 0 Å². The van der Waals surface area contributed by atoms with Gasteiger partial charge in [0.2, 0.25) is 0 Å². The molecule has 1 atom stereocenters. The molecule has 0 aromatic heterocycles. The van der Waals surface area contributed by atoms with Crippen molar-refractivity contribution in [3.8, 4) is 5.75 Å². The second-order valence-electron chi connectivity index (χ2n) is 5.61. The zero-order valence-corrected chi connectivity index (χ0v) is 11.7. The molecule has 2 nitrogen and oxygen atoms in total. The minimum Gasteiger partial charge on any atom is -0.508 e. The van der Waals surface area contributed by atoms with Crippen molar-refractivity contribution in [1.29, 1.82) is 0 Å². The first kappa shape index (κ1) is 13.4. The third-order valence-electron chi connectivity index (χ3n) is 4.16.